The minimum absolute atomic E-state index is 0.00207. The monoisotopic (exact) mass is 562 g/mol. The first-order chi connectivity index (χ1) is 20.6. The molecule has 0 aromatic heterocycles. The van der Waals surface area contributed by atoms with E-state index in [1.165, 1.54) is 31.7 Å². The van der Waals surface area contributed by atoms with Gasteiger partial charge in [-0.2, -0.15) is 10.5 Å². The molecule has 214 valence electrons. The number of benzene rings is 3. The summed E-state index contributed by atoms with van der Waals surface area (Å²) in [5, 5.41) is 42.8. The highest BCUT2D eigenvalue weighted by Gasteiger charge is 2.41. The molecule has 0 spiro atoms. The van der Waals surface area contributed by atoms with Crippen LogP contribution in [0.3, 0.4) is 0 Å². The Morgan fingerprint density at radius 1 is 0.738 bits per heavy atom. The van der Waals surface area contributed by atoms with Gasteiger partial charge in [0.25, 0.3) is 0 Å². The number of nitrogens with one attached hydrogen (secondary N) is 2. The van der Waals surface area contributed by atoms with Crippen LogP contribution in [0.15, 0.2) is 72.8 Å². The van der Waals surface area contributed by atoms with Crippen molar-refractivity contribution in [2.24, 2.45) is 5.92 Å². The number of hydrogen-bond acceptors (Lipinski definition) is 6. The van der Waals surface area contributed by atoms with Crippen LogP contribution in [0.1, 0.15) is 54.2 Å². The van der Waals surface area contributed by atoms with Gasteiger partial charge in [0, 0.05) is 41.0 Å². The van der Waals surface area contributed by atoms with Crippen LogP contribution < -0.4 is 10.6 Å². The van der Waals surface area contributed by atoms with Crippen molar-refractivity contribution in [1.29, 1.82) is 10.5 Å². The Balaban J connectivity index is 0.000000168. The third-order valence-corrected chi connectivity index (χ3v) is 8.60. The van der Waals surface area contributed by atoms with Crippen LogP contribution in [-0.4, -0.2) is 47.6 Å². The second kappa shape index (κ2) is 13.8. The molecular weight excluding hydrogens is 527 g/mol. The van der Waals surface area contributed by atoms with Crippen molar-refractivity contribution in [2.45, 2.75) is 61.7 Å². The normalized spacial score (nSPS) is 26.2. The van der Waals surface area contributed by atoms with Crippen molar-refractivity contribution in [1.82, 2.24) is 10.6 Å². The summed E-state index contributed by atoms with van der Waals surface area (Å²) < 4.78 is 13.8. The van der Waals surface area contributed by atoms with Crippen LogP contribution in [-0.2, 0) is 0 Å². The van der Waals surface area contributed by atoms with Crippen molar-refractivity contribution in [3.8, 4) is 35.1 Å². The third kappa shape index (κ3) is 6.39. The zero-order valence-corrected chi connectivity index (χ0v) is 23.4. The highest BCUT2D eigenvalue weighted by Crippen LogP contribution is 2.34. The zero-order valence-electron chi connectivity index (χ0n) is 23.4. The fourth-order valence-electron chi connectivity index (χ4n) is 6.15. The summed E-state index contributed by atoms with van der Waals surface area (Å²) >= 11 is 0. The fourth-order valence-corrected chi connectivity index (χ4v) is 6.15. The second-order valence-electron chi connectivity index (χ2n) is 11.2. The van der Waals surface area contributed by atoms with E-state index in [1.807, 2.05) is 48.5 Å². The van der Waals surface area contributed by atoms with Gasteiger partial charge in [0.15, 0.2) is 0 Å². The highest BCUT2D eigenvalue weighted by molar-refractivity contribution is 5.64. The average Bonchev–Trinajstić information content (AvgIpc) is 3.52. The van der Waals surface area contributed by atoms with Gasteiger partial charge in [-0.3, -0.25) is 10.6 Å². The lowest BCUT2D eigenvalue weighted by molar-refractivity contribution is 0.151. The van der Waals surface area contributed by atoms with Crippen molar-refractivity contribution in [3.63, 3.8) is 0 Å². The topological polar surface area (TPSA) is 112 Å². The van der Waals surface area contributed by atoms with Gasteiger partial charge in [-0.05, 0) is 47.7 Å². The quantitative estimate of drug-likeness (QED) is 0.338. The molecule has 0 radical (unpaired) electrons. The molecule has 1 aliphatic carbocycles. The summed E-state index contributed by atoms with van der Waals surface area (Å²) in [6.45, 7) is 0.0595. The first-order valence-corrected chi connectivity index (χ1v) is 14.6. The lowest BCUT2D eigenvalue weighted by Crippen LogP contribution is -2.60. The summed E-state index contributed by atoms with van der Waals surface area (Å²) in [4.78, 5) is 0. The average molecular weight is 563 g/mol. The zero-order chi connectivity index (χ0) is 29.5. The number of hydrogen-bond donors (Lipinski definition) is 4. The maximum atomic E-state index is 13.8. The van der Waals surface area contributed by atoms with E-state index in [0.29, 0.717) is 11.5 Å². The number of nitriles is 2. The van der Waals surface area contributed by atoms with Crippen LogP contribution in [0, 0.1) is 46.2 Å². The summed E-state index contributed by atoms with van der Waals surface area (Å²) in [6, 6.07) is 26.1. The van der Waals surface area contributed by atoms with Crippen LogP contribution in [0.25, 0.3) is 11.1 Å². The van der Waals surface area contributed by atoms with Crippen LogP contribution >= 0.6 is 0 Å². The Morgan fingerprint density at radius 2 is 1.26 bits per heavy atom. The van der Waals surface area contributed by atoms with Crippen molar-refractivity contribution < 1.29 is 14.6 Å². The van der Waals surface area contributed by atoms with Gasteiger partial charge in [-0.15, -0.1) is 0 Å². The summed E-state index contributed by atoms with van der Waals surface area (Å²) in [7, 11) is 0. The Morgan fingerprint density at radius 3 is 1.76 bits per heavy atom. The Kier molecular flexibility index (Phi) is 9.65. The number of nitrogens with zero attached hydrogens (tertiary/aromatic N) is 2. The minimum atomic E-state index is -0.276. The summed E-state index contributed by atoms with van der Waals surface area (Å²) in [5.41, 5.74) is 4.49. The van der Waals surface area contributed by atoms with E-state index < -0.39 is 0 Å². The molecule has 6 unspecified atom stereocenters. The molecule has 2 heterocycles. The lowest BCUT2D eigenvalue weighted by Gasteiger charge is -2.41. The van der Waals surface area contributed by atoms with Crippen molar-refractivity contribution in [3.05, 3.63) is 95.3 Å². The molecule has 7 heteroatoms. The van der Waals surface area contributed by atoms with Gasteiger partial charge >= 0.3 is 0 Å². The predicted octanol–water partition coefficient (Wildman–Crippen LogP) is 4.60. The van der Waals surface area contributed by atoms with E-state index in [9.17, 15) is 14.6 Å². The lowest BCUT2D eigenvalue weighted by atomic mass is 9.78. The molecule has 6 atom stereocenters. The molecule has 3 fully saturated rings. The van der Waals surface area contributed by atoms with Crippen molar-refractivity contribution >= 4 is 0 Å². The first-order valence-electron chi connectivity index (χ1n) is 14.6. The molecule has 6 rings (SSSR count). The number of halogens is 1. The Bertz CT molecular complexity index is 1490. The molecule has 42 heavy (non-hydrogen) atoms. The molecular formula is C35H35FN4O2. The first kappa shape index (κ1) is 29.5. The predicted molar refractivity (Wildman–Crippen MR) is 159 cm³/mol. The second-order valence-corrected chi connectivity index (χ2v) is 11.2. The van der Waals surface area contributed by atoms with E-state index >= 15 is 0 Å². The van der Waals surface area contributed by atoms with Gasteiger partial charge in [-0.25, -0.2) is 4.39 Å². The van der Waals surface area contributed by atoms with Crippen LogP contribution in [0.4, 0.5) is 4.39 Å². The fraction of sp³-hybridized carbons (Fsp3) is 0.371. The third-order valence-electron chi connectivity index (χ3n) is 8.60. The smallest absolute Gasteiger partial charge is 0.131 e. The SMILES string of the molecule is N#CC1NC(CO)C1c1ccc(-c2ccccc2F)cc1.N#CC1NC(CO)C1c1ccc(C#CC2CCCC2)cc1. The van der Waals surface area contributed by atoms with Crippen LogP contribution in [0.2, 0.25) is 0 Å². The molecule has 2 aliphatic heterocycles. The highest BCUT2D eigenvalue weighted by atomic mass is 19.1. The van der Waals surface area contributed by atoms with Gasteiger partial charge in [0.2, 0.25) is 0 Å². The Hall–Kier alpha value is -4.03. The number of rotatable bonds is 5. The van der Waals surface area contributed by atoms with E-state index in [1.54, 1.807) is 18.2 Å². The van der Waals surface area contributed by atoms with Gasteiger partial charge in [-0.1, -0.05) is 79.3 Å². The standard InChI is InChI=1S/C18H20N2O.C17H15FN2O/c19-11-16-18(17(12-21)20-16)15-9-7-14(8-10-15)6-5-13-3-1-2-4-13;18-14-4-2-1-3-13(14)11-5-7-12(8-6-11)17-15(9-19)20-16(17)10-21/h7-10,13,16-18,20-21H,1-4,12H2;1-8,15-17,20-21H,10H2. The molecule has 0 amide bonds. The van der Waals surface area contributed by atoms with Gasteiger partial charge < -0.3 is 10.2 Å². The van der Waals surface area contributed by atoms with E-state index in [-0.39, 0.29) is 55.0 Å². The summed E-state index contributed by atoms with van der Waals surface area (Å²) in [6.07, 6.45) is 5.10. The number of aliphatic hydroxyl groups excluding tert-OH is 2. The molecule has 3 aromatic rings. The maximum absolute atomic E-state index is 13.8. The largest absolute Gasteiger partial charge is 0.395 e. The molecule has 1 saturated carbocycles. The van der Waals surface area contributed by atoms with E-state index in [4.69, 9.17) is 10.5 Å². The Labute approximate surface area is 246 Å². The van der Waals surface area contributed by atoms with E-state index in [2.05, 4.69) is 34.6 Å². The molecule has 0 bridgehead atoms. The summed E-state index contributed by atoms with van der Waals surface area (Å²) in [5.74, 6) is 7.00. The minimum Gasteiger partial charge on any atom is -0.395 e. The van der Waals surface area contributed by atoms with Crippen LogP contribution in [0.5, 0.6) is 0 Å². The molecule has 6 nitrogen and oxygen atoms in total. The van der Waals surface area contributed by atoms with Gasteiger partial charge in [0.05, 0.1) is 25.4 Å². The molecule has 3 aliphatic rings. The number of aliphatic hydroxyl groups is 2. The molecule has 3 aromatic carbocycles. The van der Waals surface area contributed by atoms with E-state index in [0.717, 1.165) is 22.3 Å². The van der Waals surface area contributed by atoms with Gasteiger partial charge in [0.1, 0.15) is 17.9 Å². The molecule has 4 N–H and O–H groups in total. The maximum Gasteiger partial charge on any atom is 0.131 e. The molecule has 2 saturated heterocycles. The van der Waals surface area contributed by atoms with Crippen molar-refractivity contribution in [2.75, 3.05) is 13.2 Å².